The first-order valence-corrected chi connectivity index (χ1v) is 20.3. The van der Waals surface area contributed by atoms with Crippen LogP contribution in [0.2, 0.25) is 0 Å². The van der Waals surface area contributed by atoms with Gasteiger partial charge in [0.05, 0.1) is 35.7 Å². The lowest BCUT2D eigenvalue weighted by Gasteiger charge is -2.13. The Labute approximate surface area is 340 Å². The van der Waals surface area contributed by atoms with E-state index in [0.717, 1.165) is 12.1 Å². The van der Waals surface area contributed by atoms with Gasteiger partial charge in [-0.2, -0.15) is 27.1 Å². The minimum Gasteiger partial charge on any atom is -0.505 e. The number of ether oxygens (including phenoxy) is 2. The van der Waals surface area contributed by atoms with E-state index in [1.165, 1.54) is 84.9 Å². The van der Waals surface area contributed by atoms with Gasteiger partial charge in [0.2, 0.25) is 0 Å². The number of phenolic OH excluding ortho intramolecular Hbond substituents is 2. The fourth-order valence-electron chi connectivity index (χ4n) is 5.69. The average molecular weight is 857 g/mol. The van der Waals surface area contributed by atoms with E-state index in [-0.39, 0.29) is 68.6 Å². The molecule has 6 rings (SSSR count). The third-order valence-electron chi connectivity index (χ3n) is 8.46. The molecule has 0 radical (unpaired) electrons. The normalized spacial score (nSPS) is 11.9. The Morgan fingerprint density at radius 3 is 1.25 bits per heavy atom. The Bertz CT molecular complexity index is 2770. The van der Waals surface area contributed by atoms with Gasteiger partial charge in [0, 0.05) is 22.1 Å². The van der Waals surface area contributed by atoms with E-state index in [1.54, 1.807) is 13.8 Å². The SMILES string of the molecule is CCOC(=O)c1ccc(N=Nc2c(S(=O)(=O)O)cc3ccc(NC(=O)Nc4ccc5cc(S(=O)(=O)O)c(N=Nc6ccc(C(=O)OCC)cc6)c(O)c5c4)cc3c2O)cc1. The second-order valence-electron chi connectivity index (χ2n) is 12.5. The number of hydrogen-bond acceptors (Lipinski definition) is 15. The molecule has 0 saturated carbocycles. The number of anilines is 2. The molecule has 19 nitrogen and oxygen atoms in total. The van der Waals surface area contributed by atoms with Crippen molar-refractivity contribution < 1.29 is 60.0 Å². The van der Waals surface area contributed by atoms with Crippen LogP contribution in [-0.2, 0) is 29.7 Å². The van der Waals surface area contributed by atoms with Gasteiger partial charge in [-0.05, 0) is 110 Å². The van der Waals surface area contributed by atoms with Crippen molar-refractivity contribution in [3.8, 4) is 11.5 Å². The number of rotatable bonds is 12. The van der Waals surface area contributed by atoms with Crippen LogP contribution in [0.15, 0.2) is 127 Å². The average Bonchev–Trinajstić information content (AvgIpc) is 3.20. The Hall–Kier alpha value is -7.33. The molecule has 0 bridgehead atoms. The number of amides is 2. The highest BCUT2D eigenvalue weighted by atomic mass is 32.2. The molecule has 6 aromatic carbocycles. The van der Waals surface area contributed by atoms with E-state index in [1.807, 2.05) is 0 Å². The van der Waals surface area contributed by atoms with Crippen LogP contribution in [0, 0.1) is 0 Å². The first kappa shape index (κ1) is 42.3. The molecule has 0 heterocycles. The molecule has 308 valence electrons. The molecular formula is C39H32N6O13S2. The van der Waals surface area contributed by atoms with Crippen molar-refractivity contribution >= 4 is 93.9 Å². The van der Waals surface area contributed by atoms with Crippen LogP contribution >= 0.6 is 0 Å². The van der Waals surface area contributed by atoms with Crippen molar-refractivity contribution in [2.24, 2.45) is 20.5 Å². The lowest BCUT2D eigenvalue weighted by Crippen LogP contribution is -2.19. The Balaban J connectivity index is 1.26. The smallest absolute Gasteiger partial charge is 0.338 e. The number of hydrogen-bond donors (Lipinski definition) is 6. The molecule has 0 aromatic heterocycles. The number of benzene rings is 6. The van der Waals surface area contributed by atoms with Gasteiger partial charge in [0.1, 0.15) is 21.2 Å². The van der Waals surface area contributed by atoms with Crippen LogP contribution in [-0.4, -0.2) is 67.3 Å². The molecule has 2 amide bonds. The summed E-state index contributed by atoms with van der Waals surface area (Å²) in [6.07, 6.45) is 0. The summed E-state index contributed by atoms with van der Waals surface area (Å²) in [5.74, 6) is -2.54. The van der Waals surface area contributed by atoms with Crippen LogP contribution in [0.5, 0.6) is 11.5 Å². The predicted molar refractivity (Wildman–Crippen MR) is 217 cm³/mol. The van der Waals surface area contributed by atoms with Crippen LogP contribution in [0.1, 0.15) is 34.6 Å². The maximum absolute atomic E-state index is 13.2. The van der Waals surface area contributed by atoms with E-state index >= 15 is 0 Å². The van der Waals surface area contributed by atoms with E-state index in [9.17, 15) is 50.5 Å². The Morgan fingerprint density at radius 2 is 0.917 bits per heavy atom. The highest BCUT2D eigenvalue weighted by molar-refractivity contribution is 7.86. The van der Waals surface area contributed by atoms with E-state index < -0.39 is 70.9 Å². The fraction of sp³-hybridized carbons (Fsp3) is 0.103. The van der Waals surface area contributed by atoms with Gasteiger partial charge < -0.3 is 30.3 Å². The number of carbonyl (C=O) groups excluding carboxylic acids is 3. The second-order valence-corrected chi connectivity index (χ2v) is 15.3. The zero-order chi connectivity index (χ0) is 43.4. The standard InChI is InChI=1S/C39H32N6O13S2/c1-3-57-37(48)21-5-11-25(12-6-21)42-44-33-31(59(51,52)53)17-23-9-15-27(19-29(23)35(33)46)40-39(50)41-28-16-10-24-18-32(60(54,55)56)34(36(47)30(24)20-28)45-43-26-13-7-22(8-14-26)38(49)58-4-2/h5-20,46-47H,3-4H2,1-2H3,(H2,40,41,50)(H,51,52,53)(H,54,55,56). The van der Waals surface area contributed by atoms with Crippen molar-refractivity contribution in [3.05, 3.63) is 108 Å². The summed E-state index contributed by atoms with van der Waals surface area (Å²) >= 11 is 0. The van der Waals surface area contributed by atoms with E-state index in [0.29, 0.717) is 0 Å². The number of phenols is 2. The van der Waals surface area contributed by atoms with E-state index in [4.69, 9.17) is 9.47 Å². The summed E-state index contributed by atoms with van der Waals surface area (Å²) in [4.78, 5) is 35.6. The molecule has 6 aromatic rings. The van der Waals surface area contributed by atoms with Gasteiger partial charge in [0.15, 0.2) is 11.5 Å². The van der Waals surface area contributed by atoms with Crippen LogP contribution < -0.4 is 10.6 Å². The maximum atomic E-state index is 13.2. The summed E-state index contributed by atoms with van der Waals surface area (Å²) in [6.45, 7) is 3.63. The number of aromatic hydroxyl groups is 2. The molecule has 21 heteroatoms. The molecule has 6 N–H and O–H groups in total. The topological polar surface area (TPSA) is 292 Å². The van der Waals surface area contributed by atoms with Crippen molar-refractivity contribution in [1.29, 1.82) is 0 Å². The molecule has 0 aliphatic carbocycles. The second kappa shape index (κ2) is 17.3. The van der Waals surface area contributed by atoms with Crippen molar-refractivity contribution in [3.63, 3.8) is 0 Å². The highest BCUT2D eigenvalue weighted by Crippen LogP contribution is 2.44. The van der Waals surface area contributed by atoms with Crippen LogP contribution in [0.3, 0.4) is 0 Å². The molecule has 0 aliphatic rings. The van der Waals surface area contributed by atoms with Crippen molar-refractivity contribution in [2.45, 2.75) is 23.6 Å². The zero-order valence-electron chi connectivity index (χ0n) is 31.2. The van der Waals surface area contributed by atoms with E-state index in [2.05, 4.69) is 31.1 Å². The maximum Gasteiger partial charge on any atom is 0.338 e. The predicted octanol–water partition coefficient (Wildman–Crippen LogP) is 8.73. The Kier molecular flexibility index (Phi) is 12.2. The van der Waals surface area contributed by atoms with Gasteiger partial charge in [-0.15, -0.1) is 10.2 Å². The van der Waals surface area contributed by atoms with Crippen molar-refractivity contribution in [2.75, 3.05) is 23.8 Å². The molecule has 0 saturated heterocycles. The minimum absolute atomic E-state index is 0.00807. The first-order valence-electron chi connectivity index (χ1n) is 17.5. The van der Waals surface area contributed by atoms with Crippen molar-refractivity contribution in [1.82, 2.24) is 0 Å². The number of fused-ring (bicyclic) bond motifs is 2. The van der Waals surface area contributed by atoms with Gasteiger partial charge in [-0.3, -0.25) is 9.11 Å². The minimum atomic E-state index is -4.93. The first-order chi connectivity index (χ1) is 28.5. The summed E-state index contributed by atoms with van der Waals surface area (Å²) in [6, 6.07) is 20.6. The lowest BCUT2D eigenvalue weighted by molar-refractivity contribution is 0.0517. The zero-order valence-corrected chi connectivity index (χ0v) is 32.9. The largest absolute Gasteiger partial charge is 0.505 e. The van der Waals surface area contributed by atoms with Gasteiger partial charge in [-0.1, -0.05) is 12.1 Å². The number of urea groups is 1. The number of azo groups is 2. The molecule has 0 unspecified atom stereocenters. The molecular weight excluding hydrogens is 825 g/mol. The Morgan fingerprint density at radius 1 is 0.550 bits per heavy atom. The monoisotopic (exact) mass is 856 g/mol. The molecule has 0 spiro atoms. The molecule has 0 atom stereocenters. The van der Waals surface area contributed by atoms with Gasteiger partial charge >= 0.3 is 18.0 Å². The van der Waals surface area contributed by atoms with Gasteiger partial charge in [0.25, 0.3) is 20.2 Å². The highest BCUT2D eigenvalue weighted by Gasteiger charge is 2.24. The summed E-state index contributed by atoms with van der Waals surface area (Å²) in [5, 5.41) is 43.4. The quantitative estimate of drug-likeness (QED) is 0.0382. The summed E-state index contributed by atoms with van der Waals surface area (Å²) in [5.41, 5.74) is -0.233. The summed E-state index contributed by atoms with van der Waals surface area (Å²) < 4.78 is 78.9. The third kappa shape index (κ3) is 9.51. The fourth-order valence-corrected chi connectivity index (χ4v) is 7.01. The molecule has 0 aliphatic heterocycles. The summed E-state index contributed by atoms with van der Waals surface area (Å²) in [7, 11) is -9.87. The third-order valence-corrected chi connectivity index (χ3v) is 10.2. The van der Waals surface area contributed by atoms with Crippen LogP contribution in [0.25, 0.3) is 21.5 Å². The van der Waals surface area contributed by atoms with Crippen LogP contribution in [0.4, 0.5) is 38.9 Å². The molecule has 0 fully saturated rings. The number of nitrogens with one attached hydrogen (secondary N) is 2. The number of carbonyl (C=O) groups is 3. The molecule has 60 heavy (non-hydrogen) atoms. The van der Waals surface area contributed by atoms with Gasteiger partial charge in [-0.25, -0.2) is 14.4 Å². The lowest BCUT2D eigenvalue weighted by atomic mass is 10.1. The number of nitrogens with zero attached hydrogens (tertiary/aromatic N) is 4. The number of esters is 2.